The maximum absolute atomic E-state index is 5.68. The fourth-order valence-corrected chi connectivity index (χ4v) is 2.64. The molecule has 2 aromatic heterocycles. The van der Waals surface area contributed by atoms with E-state index in [-0.39, 0.29) is 0 Å². The van der Waals surface area contributed by atoms with Crippen LogP contribution >= 0.6 is 12.2 Å². The van der Waals surface area contributed by atoms with Gasteiger partial charge in [-0.3, -0.25) is 4.98 Å². The van der Waals surface area contributed by atoms with Crippen molar-refractivity contribution in [2.75, 3.05) is 0 Å². The fraction of sp³-hybridized carbons (Fsp3) is 0.235. The molecule has 0 fully saturated rings. The number of fused-ring (bicyclic) bond motifs is 1. The lowest BCUT2D eigenvalue weighted by Crippen LogP contribution is -2.12. The van der Waals surface area contributed by atoms with Crippen molar-refractivity contribution in [3.8, 4) is 11.4 Å². The molecule has 0 amide bonds. The van der Waals surface area contributed by atoms with Gasteiger partial charge in [0, 0.05) is 30.9 Å². The van der Waals surface area contributed by atoms with Crippen LogP contribution in [0.5, 0.6) is 0 Å². The summed E-state index contributed by atoms with van der Waals surface area (Å²) in [6, 6.07) is 8.25. The van der Waals surface area contributed by atoms with Gasteiger partial charge in [-0.1, -0.05) is 12.2 Å². The summed E-state index contributed by atoms with van der Waals surface area (Å²) < 4.78 is 2.19. The van der Waals surface area contributed by atoms with Crippen molar-refractivity contribution in [1.29, 1.82) is 0 Å². The van der Waals surface area contributed by atoms with Crippen LogP contribution in [0.25, 0.3) is 22.4 Å². The second-order valence-corrected chi connectivity index (χ2v) is 5.99. The fourth-order valence-electron chi connectivity index (χ4n) is 2.55. The molecule has 5 heteroatoms. The zero-order chi connectivity index (χ0) is 15.7. The first-order valence-electron chi connectivity index (χ1n) is 7.22. The highest BCUT2D eigenvalue weighted by molar-refractivity contribution is 7.80. The Morgan fingerprint density at radius 2 is 1.86 bits per heavy atom. The number of pyridine rings is 1. The number of benzene rings is 1. The topological polar surface area (TPSA) is 56.7 Å². The van der Waals surface area contributed by atoms with Crippen LogP contribution in [-0.2, 0) is 6.54 Å². The molecule has 1 aromatic carbocycles. The smallest absolute Gasteiger partial charge is 0.141 e. The molecular weight excluding hydrogens is 292 g/mol. The number of hydrogen-bond donors (Lipinski definition) is 1. The minimum absolute atomic E-state index is 0.520. The van der Waals surface area contributed by atoms with E-state index in [1.807, 2.05) is 12.1 Å². The van der Waals surface area contributed by atoms with Gasteiger partial charge in [-0.25, -0.2) is 4.98 Å². The zero-order valence-electron chi connectivity index (χ0n) is 12.7. The molecule has 2 N–H and O–H groups in total. The van der Waals surface area contributed by atoms with Gasteiger partial charge in [-0.15, -0.1) is 0 Å². The monoisotopic (exact) mass is 310 g/mol. The highest BCUT2D eigenvalue weighted by Crippen LogP contribution is 2.27. The van der Waals surface area contributed by atoms with Gasteiger partial charge in [-0.2, -0.15) is 0 Å². The molecule has 0 atom stereocenters. The first-order chi connectivity index (χ1) is 10.6. The van der Waals surface area contributed by atoms with Gasteiger partial charge in [0.1, 0.15) is 5.82 Å². The Hall–Kier alpha value is -2.27. The van der Waals surface area contributed by atoms with Crippen molar-refractivity contribution in [3.63, 3.8) is 0 Å². The van der Waals surface area contributed by atoms with Gasteiger partial charge in [0.2, 0.25) is 0 Å². The van der Waals surface area contributed by atoms with Crippen molar-refractivity contribution < 1.29 is 0 Å². The van der Waals surface area contributed by atoms with Gasteiger partial charge in [-0.05, 0) is 49.2 Å². The standard InChI is InChI=1S/C17H18N4S/c1-11-9-14-15(10-12(11)2)21(8-5-16(18)22)17(20-14)13-3-6-19-7-4-13/h3-4,6-7,9-10H,5,8H2,1-2H3,(H2,18,22). The van der Waals surface area contributed by atoms with Gasteiger partial charge < -0.3 is 10.3 Å². The van der Waals surface area contributed by atoms with Crippen LogP contribution in [0.15, 0.2) is 36.7 Å². The summed E-state index contributed by atoms with van der Waals surface area (Å²) in [6.45, 7) is 4.95. The van der Waals surface area contributed by atoms with Crippen molar-refractivity contribution in [2.24, 2.45) is 5.73 Å². The first-order valence-corrected chi connectivity index (χ1v) is 7.63. The highest BCUT2D eigenvalue weighted by atomic mass is 32.1. The second kappa shape index (κ2) is 5.85. The second-order valence-electron chi connectivity index (χ2n) is 5.46. The molecule has 0 saturated heterocycles. The molecular formula is C17H18N4S. The van der Waals surface area contributed by atoms with E-state index in [0.29, 0.717) is 11.4 Å². The molecule has 4 nitrogen and oxygen atoms in total. The predicted molar refractivity (Wildman–Crippen MR) is 93.8 cm³/mol. The van der Waals surface area contributed by atoms with E-state index in [2.05, 4.69) is 35.5 Å². The lowest BCUT2D eigenvalue weighted by atomic mass is 10.1. The number of thiocarbonyl (C=S) groups is 1. The van der Waals surface area contributed by atoms with E-state index >= 15 is 0 Å². The van der Waals surface area contributed by atoms with Crippen LogP contribution in [0.4, 0.5) is 0 Å². The van der Waals surface area contributed by atoms with Crippen LogP contribution in [0.1, 0.15) is 17.5 Å². The Balaban J connectivity index is 2.21. The summed E-state index contributed by atoms with van der Waals surface area (Å²) in [4.78, 5) is 9.41. The average molecular weight is 310 g/mol. The maximum Gasteiger partial charge on any atom is 0.141 e. The van der Waals surface area contributed by atoms with E-state index in [1.54, 1.807) is 12.4 Å². The third-order valence-electron chi connectivity index (χ3n) is 3.88. The van der Waals surface area contributed by atoms with Gasteiger partial charge in [0.25, 0.3) is 0 Å². The largest absolute Gasteiger partial charge is 0.393 e. The SMILES string of the molecule is Cc1cc2nc(-c3ccncc3)n(CCC(N)=S)c2cc1C. The zero-order valence-corrected chi connectivity index (χ0v) is 13.5. The van der Waals surface area contributed by atoms with Gasteiger partial charge >= 0.3 is 0 Å². The van der Waals surface area contributed by atoms with E-state index in [4.69, 9.17) is 22.9 Å². The summed E-state index contributed by atoms with van der Waals surface area (Å²) in [5, 5.41) is 0. The Morgan fingerprint density at radius 1 is 1.18 bits per heavy atom. The summed E-state index contributed by atoms with van der Waals surface area (Å²) in [7, 11) is 0. The summed E-state index contributed by atoms with van der Waals surface area (Å²) in [5.74, 6) is 0.929. The van der Waals surface area contributed by atoms with Gasteiger partial charge in [0.05, 0.1) is 16.0 Å². The number of nitrogens with two attached hydrogens (primary N) is 1. The molecule has 112 valence electrons. The quantitative estimate of drug-likeness (QED) is 0.750. The Bertz CT molecular complexity index is 837. The van der Waals surface area contributed by atoms with Crippen LogP contribution in [0, 0.1) is 13.8 Å². The molecule has 0 saturated carbocycles. The van der Waals surface area contributed by atoms with Crippen LogP contribution in [0.3, 0.4) is 0 Å². The average Bonchev–Trinajstić information content (AvgIpc) is 2.84. The third kappa shape index (κ3) is 2.72. The summed E-state index contributed by atoms with van der Waals surface area (Å²) >= 11 is 5.03. The molecule has 3 aromatic rings. The van der Waals surface area contributed by atoms with E-state index in [1.165, 1.54) is 11.1 Å². The molecule has 3 rings (SSSR count). The lowest BCUT2D eigenvalue weighted by molar-refractivity contribution is 0.756. The number of aryl methyl sites for hydroxylation is 3. The highest BCUT2D eigenvalue weighted by Gasteiger charge is 2.13. The number of aromatic nitrogens is 3. The van der Waals surface area contributed by atoms with Crippen molar-refractivity contribution in [3.05, 3.63) is 47.8 Å². The number of rotatable bonds is 4. The molecule has 0 radical (unpaired) electrons. The van der Waals surface area contributed by atoms with Crippen LogP contribution < -0.4 is 5.73 Å². The van der Waals surface area contributed by atoms with Crippen molar-refractivity contribution in [1.82, 2.24) is 14.5 Å². The number of nitrogens with zero attached hydrogens (tertiary/aromatic N) is 3. The van der Waals surface area contributed by atoms with E-state index < -0.39 is 0 Å². The molecule has 0 aliphatic carbocycles. The van der Waals surface area contributed by atoms with Crippen molar-refractivity contribution in [2.45, 2.75) is 26.8 Å². The Labute approximate surface area is 135 Å². The number of hydrogen-bond acceptors (Lipinski definition) is 3. The minimum Gasteiger partial charge on any atom is -0.393 e. The van der Waals surface area contributed by atoms with Crippen molar-refractivity contribution >= 4 is 28.2 Å². The molecule has 0 aliphatic rings. The number of imidazole rings is 1. The molecule has 2 heterocycles. The molecule has 0 unspecified atom stereocenters. The summed E-state index contributed by atoms with van der Waals surface area (Å²) in [6.07, 6.45) is 4.22. The molecule has 0 spiro atoms. The third-order valence-corrected chi connectivity index (χ3v) is 4.09. The normalized spacial score (nSPS) is 11.0. The minimum atomic E-state index is 0.520. The Morgan fingerprint density at radius 3 is 2.55 bits per heavy atom. The van der Waals surface area contributed by atoms with Crippen LogP contribution in [-0.4, -0.2) is 19.5 Å². The molecule has 0 aliphatic heterocycles. The molecule has 0 bridgehead atoms. The van der Waals surface area contributed by atoms with Crippen LogP contribution in [0.2, 0.25) is 0 Å². The van der Waals surface area contributed by atoms with Gasteiger partial charge in [0.15, 0.2) is 0 Å². The first kappa shape index (κ1) is 14.7. The molecule has 22 heavy (non-hydrogen) atoms. The maximum atomic E-state index is 5.68. The Kier molecular flexibility index (Phi) is 3.90. The van der Waals surface area contributed by atoms with E-state index in [9.17, 15) is 0 Å². The lowest BCUT2D eigenvalue weighted by Gasteiger charge is -2.09. The predicted octanol–water partition coefficient (Wildman–Crippen LogP) is 3.39. The van der Waals surface area contributed by atoms with E-state index in [0.717, 1.165) is 29.0 Å². The summed E-state index contributed by atoms with van der Waals surface area (Å²) in [5.41, 5.74) is 11.3.